The second kappa shape index (κ2) is 7.63. The zero-order chi connectivity index (χ0) is 20.5. The van der Waals surface area contributed by atoms with Crippen LogP contribution in [0.4, 0.5) is 5.82 Å². The third-order valence-corrected chi connectivity index (χ3v) is 5.51. The van der Waals surface area contributed by atoms with Gasteiger partial charge in [0.05, 0.1) is 5.69 Å². The fourth-order valence-corrected chi connectivity index (χ4v) is 3.89. The number of nitrogens with two attached hydrogens (primary N) is 1. The van der Waals surface area contributed by atoms with E-state index < -0.39 is 11.9 Å². The maximum Gasteiger partial charge on any atom is 0.255 e. The summed E-state index contributed by atoms with van der Waals surface area (Å²) in [6, 6.07) is 10.5. The van der Waals surface area contributed by atoms with Gasteiger partial charge in [-0.3, -0.25) is 19.7 Å². The number of carbonyl (C=O) groups is 3. The molecule has 2 atom stereocenters. The van der Waals surface area contributed by atoms with Gasteiger partial charge in [0.15, 0.2) is 0 Å². The van der Waals surface area contributed by atoms with Crippen LogP contribution in [-0.4, -0.2) is 33.6 Å². The highest BCUT2D eigenvalue weighted by molar-refractivity contribution is 6.05. The zero-order valence-corrected chi connectivity index (χ0v) is 16.1. The molecular formula is C21H23N5O3. The van der Waals surface area contributed by atoms with Crippen molar-refractivity contribution in [3.63, 3.8) is 0 Å². The van der Waals surface area contributed by atoms with Crippen LogP contribution in [0.25, 0.3) is 0 Å². The lowest BCUT2D eigenvalue weighted by Crippen LogP contribution is -2.52. The van der Waals surface area contributed by atoms with Gasteiger partial charge in [-0.05, 0) is 42.7 Å². The van der Waals surface area contributed by atoms with E-state index >= 15 is 0 Å². The molecule has 2 unspecified atom stereocenters. The Bertz CT molecular complexity index is 990. The monoisotopic (exact) mass is 393 g/mol. The Morgan fingerprint density at radius 3 is 2.79 bits per heavy atom. The van der Waals surface area contributed by atoms with E-state index in [9.17, 15) is 14.4 Å². The molecule has 1 saturated heterocycles. The highest BCUT2D eigenvalue weighted by Gasteiger charge is 2.39. The molecule has 1 aromatic carbocycles. The Hall–Kier alpha value is -3.26. The molecule has 3 amide bonds. The van der Waals surface area contributed by atoms with Gasteiger partial charge >= 0.3 is 0 Å². The summed E-state index contributed by atoms with van der Waals surface area (Å²) >= 11 is 0. The molecule has 0 aliphatic carbocycles. The second-order valence-corrected chi connectivity index (χ2v) is 7.43. The molecule has 8 nitrogen and oxygen atoms in total. The molecule has 29 heavy (non-hydrogen) atoms. The first-order valence-corrected chi connectivity index (χ1v) is 9.65. The summed E-state index contributed by atoms with van der Waals surface area (Å²) in [5, 5.41) is 5.75. The topological polar surface area (TPSA) is 117 Å². The molecule has 0 radical (unpaired) electrons. The lowest BCUT2D eigenvalue weighted by atomic mass is 10.0. The minimum Gasteiger partial charge on any atom is -0.384 e. The molecule has 4 N–H and O–H groups in total. The van der Waals surface area contributed by atoms with Crippen molar-refractivity contribution >= 4 is 23.5 Å². The number of anilines is 1. The number of piperidine rings is 1. The molecule has 1 fully saturated rings. The minimum absolute atomic E-state index is 0.0160. The van der Waals surface area contributed by atoms with Crippen molar-refractivity contribution in [1.82, 2.24) is 20.5 Å². The Labute approximate surface area is 168 Å². The van der Waals surface area contributed by atoms with Gasteiger partial charge < -0.3 is 16.0 Å². The molecule has 1 aromatic heterocycles. The molecule has 0 saturated carbocycles. The molecule has 0 spiro atoms. The first kappa shape index (κ1) is 19.1. The summed E-state index contributed by atoms with van der Waals surface area (Å²) in [5.74, 6) is -0.378. The van der Waals surface area contributed by atoms with Gasteiger partial charge in [-0.25, -0.2) is 4.98 Å². The number of fused-ring (bicyclic) bond motifs is 1. The number of nitrogens with one attached hydrogen (secondary N) is 2. The van der Waals surface area contributed by atoms with Crippen LogP contribution in [0, 0.1) is 0 Å². The molecule has 3 heterocycles. The number of imide groups is 1. The largest absolute Gasteiger partial charge is 0.384 e. The molecule has 4 rings (SSSR count). The molecule has 2 aliphatic rings. The van der Waals surface area contributed by atoms with E-state index in [0.29, 0.717) is 30.9 Å². The van der Waals surface area contributed by atoms with Gasteiger partial charge in [-0.2, -0.15) is 0 Å². The van der Waals surface area contributed by atoms with Crippen molar-refractivity contribution in [2.75, 3.05) is 5.73 Å². The zero-order valence-electron chi connectivity index (χ0n) is 16.1. The van der Waals surface area contributed by atoms with Crippen molar-refractivity contribution in [3.05, 3.63) is 58.8 Å². The van der Waals surface area contributed by atoms with Crippen LogP contribution >= 0.6 is 0 Å². The van der Waals surface area contributed by atoms with Crippen LogP contribution in [0.1, 0.15) is 53.0 Å². The van der Waals surface area contributed by atoms with Gasteiger partial charge in [0, 0.05) is 31.1 Å². The fraction of sp³-hybridized carbons (Fsp3) is 0.333. The highest BCUT2D eigenvalue weighted by atomic mass is 16.2. The Balaban J connectivity index is 1.50. The lowest BCUT2D eigenvalue weighted by Gasteiger charge is -2.29. The maximum atomic E-state index is 12.9. The Kier molecular flexibility index (Phi) is 5.02. The molecular weight excluding hydrogens is 370 g/mol. The van der Waals surface area contributed by atoms with E-state index in [-0.39, 0.29) is 24.3 Å². The number of pyridine rings is 1. The summed E-state index contributed by atoms with van der Waals surface area (Å²) < 4.78 is 0. The highest BCUT2D eigenvalue weighted by Crippen LogP contribution is 2.30. The van der Waals surface area contributed by atoms with Crippen LogP contribution < -0.4 is 16.4 Å². The molecule has 2 aromatic rings. The van der Waals surface area contributed by atoms with E-state index in [1.54, 1.807) is 17.0 Å². The summed E-state index contributed by atoms with van der Waals surface area (Å²) in [4.78, 5) is 42.4. The molecule has 0 bridgehead atoms. The lowest BCUT2D eigenvalue weighted by molar-refractivity contribution is -0.136. The van der Waals surface area contributed by atoms with Crippen molar-refractivity contribution in [1.29, 1.82) is 0 Å². The van der Waals surface area contributed by atoms with Crippen LogP contribution in [0.2, 0.25) is 0 Å². The number of aromatic nitrogens is 1. The van der Waals surface area contributed by atoms with Gasteiger partial charge in [-0.15, -0.1) is 0 Å². The first-order chi connectivity index (χ1) is 13.9. The van der Waals surface area contributed by atoms with E-state index in [0.717, 1.165) is 16.8 Å². The average molecular weight is 393 g/mol. The third kappa shape index (κ3) is 3.71. The van der Waals surface area contributed by atoms with Crippen molar-refractivity contribution < 1.29 is 14.4 Å². The van der Waals surface area contributed by atoms with Gasteiger partial charge in [0.25, 0.3) is 5.91 Å². The molecule has 8 heteroatoms. The van der Waals surface area contributed by atoms with E-state index in [2.05, 4.69) is 15.6 Å². The number of benzene rings is 1. The summed E-state index contributed by atoms with van der Waals surface area (Å²) in [6.07, 6.45) is 0.603. The maximum absolute atomic E-state index is 12.9. The standard InChI is InChI=1S/C21H23N5O3/c1-12(16-6-3-7-18(22)24-16)23-10-13-4-2-5-14-15(13)11-26(21(14)29)17-8-9-19(27)25-20(17)28/h2-7,12,17,23H,8-11H2,1H3,(H2,22,24)(H,25,27,28). The van der Waals surface area contributed by atoms with Crippen LogP contribution in [-0.2, 0) is 22.7 Å². The van der Waals surface area contributed by atoms with Crippen LogP contribution in [0.15, 0.2) is 36.4 Å². The quantitative estimate of drug-likeness (QED) is 0.659. The molecule has 150 valence electrons. The van der Waals surface area contributed by atoms with Gasteiger partial charge in [0.1, 0.15) is 11.9 Å². The van der Waals surface area contributed by atoms with Crippen LogP contribution in [0.5, 0.6) is 0 Å². The van der Waals surface area contributed by atoms with Crippen molar-refractivity contribution in [2.24, 2.45) is 0 Å². The number of nitrogen functional groups attached to an aromatic ring is 1. The van der Waals surface area contributed by atoms with E-state index in [4.69, 9.17) is 5.73 Å². The predicted octanol–water partition coefficient (Wildman–Crippen LogP) is 1.28. The first-order valence-electron chi connectivity index (χ1n) is 9.65. The number of hydrogen-bond donors (Lipinski definition) is 3. The summed E-state index contributed by atoms with van der Waals surface area (Å²) in [7, 11) is 0. The Morgan fingerprint density at radius 2 is 2.03 bits per heavy atom. The molecule has 2 aliphatic heterocycles. The smallest absolute Gasteiger partial charge is 0.255 e. The summed E-state index contributed by atoms with van der Waals surface area (Å²) in [5.41, 5.74) is 9.14. The van der Waals surface area contributed by atoms with Gasteiger partial charge in [0.2, 0.25) is 11.8 Å². The SMILES string of the molecule is CC(NCc1cccc2c1CN(C1CCC(=O)NC1=O)C2=O)c1cccc(N)n1. The second-order valence-electron chi connectivity index (χ2n) is 7.43. The van der Waals surface area contributed by atoms with Gasteiger partial charge in [-0.1, -0.05) is 18.2 Å². The third-order valence-electron chi connectivity index (χ3n) is 5.51. The number of carbonyl (C=O) groups excluding carboxylic acids is 3. The minimum atomic E-state index is -0.608. The average Bonchev–Trinajstić information content (AvgIpc) is 3.03. The summed E-state index contributed by atoms with van der Waals surface area (Å²) in [6.45, 7) is 2.92. The van der Waals surface area contributed by atoms with E-state index in [1.165, 1.54) is 0 Å². The van der Waals surface area contributed by atoms with E-state index in [1.807, 2.05) is 31.2 Å². The number of rotatable bonds is 5. The van der Waals surface area contributed by atoms with Crippen molar-refractivity contribution in [3.8, 4) is 0 Å². The Morgan fingerprint density at radius 1 is 1.24 bits per heavy atom. The van der Waals surface area contributed by atoms with Crippen LogP contribution in [0.3, 0.4) is 0 Å². The number of nitrogens with zero attached hydrogens (tertiary/aromatic N) is 2. The number of hydrogen-bond acceptors (Lipinski definition) is 6. The fourth-order valence-electron chi connectivity index (χ4n) is 3.89. The predicted molar refractivity (Wildman–Crippen MR) is 106 cm³/mol. The normalized spacial score (nSPS) is 19.8. The van der Waals surface area contributed by atoms with Crippen molar-refractivity contribution in [2.45, 2.75) is 44.9 Å². The number of amides is 3.